The lowest BCUT2D eigenvalue weighted by molar-refractivity contribution is -0.135. The van der Waals surface area contributed by atoms with E-state index in [-0.39, 0.29) is 27.3 Å². The minimum atomic E-state index is -0.241. The third kappa shape index (κ3) is 3.98. The number of rotatable bonds is 5. The molecule has 0 heterocycles. The predicted octanol–water partition coefficient (Wildman–Crippen LogP) is 6.63. The van der Waals surface area contributed by atoms with Crippen molar-refractivity contribution in [3.8, 4) is 0 Å². The van der Waals surface area contributed by atoms with Gasteiger partial charge < -0.3 is 5.11 Å². The van der Waals surface area contributed by atoms with Gasteiger partial charge in [-0.05, 0) is 91.4 Å². The first-order valence-electron chi connectivity index (χ1n) is 12.6. The summed E-state index contributed by atoms with van der Waals surface area (Å²) in [4.78, 5) is 13.4. The van der Waals surface area contributed by atoms with Crippen molar-refractivity contribution in [2.75, 3.05) is 0 Å². The molecule has 0 spiro atoms. The van der Waals surface area contributed by atoms with Crippen LogP contribution in [0.3, 0.4) is 0 Å². The number of ketones is 1. The zero-order valence-corrected chi connectivity index (χ0v) is 21.7. The number of aliphatic hydroxyl groups is 1. The molecular formula is C27H47O2P. The molecule has 3 heteroatoms. The van der Waals surface area contributed by atoms with Gasteiger partial charge in [0.1, 0.15) is 0 Å². The zero-order valence-electron chi connectivity index (χ0n) is 20.3. The van der Waals surface area contributed by atoms with Crippen molar-refractivity contribution in [2.24, 2.45) is 46.3 Å². The first kappa shape index (κ1) is 24.4. The van der Waals surface area contributed by atoms with Crippen LogP contribution in [0.1, 0.15) is 98.8 Å². The SMILES string of the molecule is CC(C)CCC[C@@H](C)[C@H]1CC[C@H]2[C@@H]3C(=O)C=C4C[C@@H](O)CC[C@]4(C)[C@H]3CC[C@]12C.P. The van der Waals surface area contributed by atoms with E-state index in [1.807, 2.05) is 6.08 Å². The molecule has 4 aliphatic carbocycles. The van der Waals surface area contributed by atoms with Crippen LogP contribution in [0.2, 0.25) is 0 Å². The van der Waals surface area contributed by atoms with Crippen molar-refractivity contribution in [2.45, 2.75) is 105 Å². The Morgan fingerprint density at radius 3 is 2.47 bits per heavy atom. The van der Waals surface area contributed by atoms with Crippen LogP contribution < -0.4 is 0 Å². The molecule has 0 amide bonds. The van der Waals surface area contributed by atoms with Crippen LogP contribution in [0.5, 0.6) is 0 Å². The molecule has 172 valence electrons. The van der Waals surface area contributed by atoms with E-state index >= 15 is 0 Å². The highest BCUT2D eigenvalue weighted by Gasteiger charge is 2.61. The minimum absolute atomic E-state index is 0. The van der Waals surface area contributed by atoms with Crippen LogP contribution in [0, 0.1) is 46.3 Å². The van der Waals surface area contributed by atoms with E-state index < -0.39 is 0 Å². The molecule has 3 fully saturated rings. The molecule has 9 atom stereocenters. The van der Waals surface area contributed by atoms with Crippen LogP contribution in [0.4, 0.5) is 0 Å². The molecule has 0 saturated heterocycles. The Morgan fingerprint density at radius 1 is 1.03 bits per heavy atom. The van der Waals surface area contributed by atoms with Gasteiger partial charge in [-0.15, -0.1) is 0 Å². The first-order chi connectivity index (χ1) is 13.7. The molecule has 0 radical (unpaired) electrons. The van der Waals surface area contributed by atoms with Gasteiger partial charge in [0, 0.05) is 5.92 Å². The standard InChI is InChI=1S/C27H44O2.H3P/c1-17(2)7-6-8-18(3)21-9-10-22-25-23(12-14-27(21,22)5)26(4)13-11-20(28)15-19(26)16-24(25)29;/h16-18,20-23,25,28H,6-15H2,1-5H3;1H3/t18-,20+,21-,22+,23+,25+,26+,27-;/m1./s1. The van der Waals surface area contributed by atoms with E-state index in [9.17, 15) is 9.90 Å². The normalized spacial score (nSPS) is 43.9. The van der Waals surface area contributed by atoms with Gasteiger partial charge in [-0.1, -0.05) is 59.5 Å². The van der Waals surface area contributed by atoms with E-state index in [2.05, 4.69) is 34.6 Å². The summed E-state index contributed by atoms with van der Waals surface area (Å²) < 4.78 is 0. The Bertz CT molecular complexity index is 670. The number of carbonyl (C=O) groups is 1. The fraction of sp³-hybridized carbons (Fsp3) is 0.889. The van der Waals surface area contributed by atoms with E-state index in [0.29, 0.717) is 23.0 Å². The summed E-state index contributed by atoms with van der Waals surface area (Å²) >= 11 is 0. The number of carbonyl (C=O) groups excluding carboxylic acids is 1. The van der Waals surface area contributed by atoms with E-state index in [4.69, 9.17) is 0 Å². The zero-order chi connectivity index (χ0) is 21.0. The minimum Gasteiger partial charge on any atom is -0.393 e. The van der Waals surface area contributed by atoms with E-state index in [1.165, 1.54) is 50.5 Å². The second kappa shape index (κ2) is 8.97. The summed E-state index contributed by atoms with van der Waals surface area (Å²) in [5.74, 6) is 4.11. The Hall–Kier alpha value is -0.200. The molecular weight excluding hydrogens is 387 g/mol. The largest absolute Gasteiger partial charge is 0.393 e. The number of allylic oxidation sites excluding steroid dienone is 1. The van der Waals surface area contributed by atoms with Crippen LogP contribution in [-0.2, 0) is 4.79 Å². The molecule has 0 aromatic rings. The average molecular weight is 435 g/mol. The molecule has 4 rings (SSSR count). The molecule has 2 nitrogen and oxygen atoms in total. The summed E-state index contributed by atoms with van der Waals surface area (Å²) in [6.07, 6.45) is 13.6. The summed E-state index contributed by atoms with van der Waals surface area (Å²) in [5.41, 5.74) is 1.77. The monoisotopic (exact) mass is 434 g/mol. The van der Waals surface area contributed by atoms with Crippen molar-refractivity contribution in [1.29, 1.82) is 0 Å². The topological polar surface area (TPSA) is 37.3 Å². The fourth-order valence-corrected chi connectivity index (χ4v) is 8.41. The van der Waals surface area contributed by atoms with Crippen molar-refractivity contribution >= 4 is 15.7 Å². The summed E-state index contributed by atoms with van der Waals surface area (Å²) in [7, 11) is 0. The van der Waals surface area contributed by atoms with Crippen molar-refractivity contribution in [3.63, 3.8) is 0 Å². The Balaban J connectivity index is 0.00000256. The molecule has 0 aliphatic heterocycles. The smallest absolute Gasteiger partial charge is 0.159 e. The molecule has 0 bridgehead atoms. The average Bonchev–Trinajstić information content (AvgIpc) is 3.00. The van der Waals surface area contributed by atoms with Crippen LogP contribution in [0.25, 0.3) is 0 Å². The summed E-state index contributed by atoms with van der Waals surface area (Å²) in [5, 5.41) is 10.2. The van der Waals surface area contributed by atoms with Crippen LogP contribution in [-0.4, -0.2) is 17.0 Å². The van der Waals surface area contributed by atoms with Gasteiger partial charge in [-0.2, -0.15) is 9.90 Å². The molecule has 30 heavy (non-hydrogen) atoms. The van der Waals surface area contributed by atoms with Gasteiger partial charge in [-0.25, -0.2) is 0 Å². The Labute approximate surface area is 188 Å². The third-order valence-electron chi connectivity index (χ3n) is 10.1. The van der Waals surface area contributed by atoms with Crippen molar-refractivity contribution < 1.29 is 9.90 Å². The molecule has 1 N–H and O–H groups in total. The molecule has 4 aliphatic rings. The maximum absolute atomic E-state index is 13.4. The third-order valence-corrected chi connectivity index (χ3v) is 10.1. The molecule has 3 saturated carbocycles. The second-order valence-corrected chi connectivity index (χ2v) is 12.2. The number of fused-ring (bicyclic) bond motifs is 5. The highest BCUT2D eigenvalue weighted by Crippen LogP contribution is 2.66. The second-order valence-electron chi connectivity index (χ2n) is 12.2. The van der Waals surface area contributed by atoms with Crippen molar-refractivity contribution in [3.05, 3.63) is 11.6 Å². The lowest BCUT2D eigenvalue weighted by Crippen LogP contribution is -2.53. The number of hydrogen-bond donors (Lipinski definition) is 1. The molecule has 0 aromatic heterocycles. The number of hydrogen-bond acceptors (Lipinski definition) is 2. The van der Waals surface area contributed by atoms with Crippen molar-refractivity contribution in [1.82, 2.24) is 0 Å². The van der Waals surface area contributed by atoms with Gasteiger partial charge in [0.25, 0.3) is 0 Å². The highest BCUT2D eigenvalue weighted by molar-refractivity contribution is 6.92. The Morgan fingerprint density at radius 2 is 1.77 bits per heavy atom. The van der Waals surface area contributed by atoms with Crippen LogP contribution >= 0.6 is 9.90 Å². The maximum atomic E-state index is 13.4. The van der Waals surface area contributed by atoms with Gasteiger partial charge in [0.05, 0.1) is 6.10 Å². The van der Waals surface area contributed by atoms with Gasteiger partial charge in [0.2, 0.25) is 0 Å². The Kier molecular flexibility index (Phi) is 7.31. The quantitative estimate of drug-likeness (QED) is 0.493. The summed E-state index contributed by atoms with van der Waals surface area (Å²) in [6.45, 7) is 12.1. The first-order valence-corrected chi connectivity index (χ1v) is 12.6. The lowest BCUT2D eigenvalue weighted by Gasteiger charge is -2.57. The fourth-order valence-electron chi connectivity index (χ4n) is 8.41. The molecule has 0 aromatic carbocycles. The predicted molar refractivity (Wildman–Crippen MR) is 131 cm³/mol. The van der Waals surface area contributed by atoms with E-state index in [0.717, 1.165) is 37.0 Å². The van der Waals surface area contributed by atoms with Crippen LogP contribution in [0.15, 0.2) is 11.6 Å². The lowest BCUT2D eigenvalue weighted by atomic mass is 9.46. The molecule has 1 unspecified atom stereocenters. The number of aliphatic hydroxyl groups excluding tert-OH is 1. The van der Waals surface area contributed by atoms with E-state index in [1.54, 1.807) is 0 Å². The highest BCUT2D eigenvalue weighted by atomic mass is 31.0. The van der Waals surface area contributed by atoms with Gasteiger partial charge >= 0.3 is 0 Å². The van der Waals surface area contributed by atoms with Gasteiger partial charge in [0.15, 0.2) is 5.78 Å². The maximum Gasteiger partial charge on any atom is 0.159 e. The van der Waals surface area contributed by atoms with Gasteiger partial charge in [-0.3, -0.25) is 4.79 Å². The summed E-state index contributed by atoms with van der Waals surface area (Å²) in [6, 6.07) is 0.